The van der Waals surface area contributed by atoms with Crippen LogP contribution in [0.4, 0.5) is 0 Å². The Balaban J connectivity index is 0.000000183. The Morgan fingerprint density at radius 2 is 1.05 bits per heavy atom. The second kappa shape index (κ2) is 18.3. The third-order valence-electron chi connectivity index (χ3n) is 19.6. The minimum atomic E-state index is -0.650. The van der Waals surface area contributed by atoms with Crippen molar-refractivity contribution in [3.8, 4) is 0 Å². The Labute approximate surface area is 353 Å². The number of amides is 1. The van der Waals surface area contributed by atoms with E-state index in [1.165, 1.54) is 70.6 Å². The van der Waals surface area contributed by atoms with Crippen molar-refractivity contribution >= 4 is 11.9 Å². The number of aliphatic carboxylic acids is 1. The van der Waals surface area contributed by atoms with Crippen molar-refractivity contribution in [3.05, 3.63) is 23.3 Å². The Bertz CT molecular complexity index is 1510. The Morgan fingerprint density at radius 1 is 0.638 bits per heavy atom. The van der Waals surface area contributed by atoms with Gasteiger partial charge in [0, 0.05) is 19.9 Å². The highest BCUT2D eigenvalue weighted by atomic mass is 16.4. The van der Waals surface area contributed by atoms with Gasteiger partial charge in [-0.3, -0.25) is 9.59 Å². The van der Waals surface area contributed by atoms with Crippen molar-refractivity contribution in [3.63, 3.8) is 0 Å². The van der Waals surface area contributed by atoms with E-state index in [4.69, 9.17) is 5.11 Å². The molecule has 16 atom stereocenters. The summed E-state index contributed by atoms with van der Waals surface area (Å²) < 4.78 is 0. The van der Waals surface area contributed by atoms with Gasteiger partial charge in [0.05, 0.1) is 12.2 Å². The lowest BCUT2D eigenvalue weighted by molar-refractivity contribution is -0.137. The van der Waals surface area contributed by atoms with Crippen molar-refractivity contribution < 1.29 is 24.9 Å². The molecule has 8 rings (SSSR count). The summed E-state index contributed by atoms with van der Waals surface area (Å²) in [6.45, 7) is 14.8. The third-order valence-corrected chi connectivity index (χ3v) is 19.6. The SMILES string of the molecule is CNC.CNC(=O)CC[C@@H](C)[C@H]1CC[C@H]2[C@@H]3CC=C4C[C@@H](O)CC[C@]4(C)[C@H]3CC[C@]12C.C[C@H](CCC(=O)O)[C@H]1CC[C@H]2[C@@H]3CC=C4C[C@@H](O)CC[C@]4(C)[C@H]3CC[C@]12C. The highest BCUT2D eigenvalue weighted by Gasteiger charge is 2.60. The normalized spacial score (nSPS) is 44.6. The minimum absolute atomic E-state index is 0.109. The Hall–Kier alpha value is -1.70. The van der Waals surface area contributed by atoms with E-state index in [9.17, 15) is 19.8 Å². The summed E-state index contributed by atoms with van der Waals surface area (Å²) in [5.74, 6) is 7.04. The van der Waals surface area contributed by atoms with Gasteiger partial charge in [-0.2, -0.15) is 0 Å². The number of rotatable bonds is 8. The highest BCUT2D eigenvalue weighted by Crippen LogP contribution is 2.69. The molecule has 0 heterocycles. The average molecular weight is 807 g/mol. The zero-order valence-corrected chi connectivity index (χ0v) is 38.4. The van der Waals surface area contributed by atoms with E-state index in [1.807, 2.05) is 14.1 Å². The van der Waals surface area contributed by atoms with Crippen molar-refractivity contribution in [1.82, 2.24) is 10.6 Å². The first-order valence-electron chi connectivity index (χ1n) is 24.2. The van der Waals surface area contributed by atoms with Gasteiger partial charge in [-0.05, 0) is 211 Å². The van der Waals surface area contributed by atoms with Crippen molar-refractivity contribution in [2.45, 2.75) is 182 Å². The molecule has 6 fully saturated rings. The maximum atomic E-state index is 11.7. The number of carbonyl (C=O) groups is 2. The van der Waals surface area contributed by atoms with Crippen molar-refractivity contribution in [1.29, 1.82) is 0 Å². The van der Waals surface area contributed by atoms with Crippen molar-refractivity contribution in [2.75, 3.05) is 21.1 Å². The largest absolute Gasteiger partial charge is 0.481 e. The summed E-state index contributed by atoms with van der Waals surface area (Å²) in [6, 6.07) is 0. The fraction of sp³-hybridized carbons (Fsp3) is 0.882. The summed E-state index contributed by atoms with van der Waals surface area (Å²) in [4.78, 5) is 22.8. The minimum Gasteiger partial charge on any atom is -0.481 e. The predicted octanol–water partition coefficient (Wildman–Crippen LogP) is 10.4. The molecule has 330 valence electrons. The monoisotopic (exact) mass is 807 g/mol. The first-order valence-corrected chi connectivity index (χ1v) is 24.2. The van der Waals surface area contributed by atoms with Crippen LogP contribution in [0.1, 0.15) is 170 Å². The first kappa shape index (κ1) is 45.8. The molecular weight excluding hydrogens is 721 g/mol. The molecule has 8 aliphatic rings. The van der Waals surface area contributed by atoms with E-state index < -0.39 is 5.97 Å². The van der Waals surface area contributed by atoms with Crippen LogP contribution in [0.25, 0.3) is 0 Å². The number of hydrogen-bond donors (Lipinski definition) is 5. The lowest BCUT2D eigenvalue weighted by atomic mass is 9.47. The number of aliphatic hydroxyl groups excluding tert-OH is 2. The zero-order valence-electron chi connectivity index (χ0n) is 38.4. The van der Waals surface area contributed by atoms with Crippen LogP contribution < -0.4 is 10.6 Å². The maximum Gasteiger partial charge on any atom is 0.303 e. The quantitative estimate of drug-likeness (QED) is 0.156. The summed E-state index contributed by atoms with van der Waals surface area (Å²) in [7, 11) is 5.50. The number of aliphatic hydroxyl groups is 2. The molecule has 0 aromatic carbocycles. The third kappa shape index (κ3) is 8.55. The van der Waals surface area contributed by atoms with Gasteiger partial charge in [0.1, 0.15) is 0 Å². The Kier molecular flexibility index (Phi) is 14.5. The second-order valence-corrected chi connectivity index (χ2v) is 22.4. The van der Waals surface area contributed by atoms with Gasteiger partial charge in [-0.1, -0.05) is 64.8 Å². The number of carbonyl (C=O) groups excluding carboxylic acids is 1. The van der Waals surface area contributed by atoms with E-state index in [-0.39, 0.29) is 18.1 Å². The van der Waals surface area contributed by atoms with Crippen LogP contribution in [-0.2, 0) is 9.59 Å². The molecule has 5 N–H and O–H groups in total. The molecule has 0 aromatic heterocycles. The highest BCUT2D eigenvalue weighted by molar-refractivity contribution is 5.75. The molecule has 6 saturated carbocycles. The summed E-state index contributed by atoms with van der Waals surface area (Å²) in [5.41, 5.74) is 4.64. The molecule has 7 heteroatoms. The van der Waals surface area contributed by atoms with Crippen LogP contribution in [0.2, 0.25) is 0 Å². The van der Waals surface area contributed by atoms with Crippen LogP contribution >= 0.6 is 0 Å². The number of carboxylic acids is 1. The second-order valence-electron chi connectivity index (χ2n) is 22.4. The molecule has 58 heavy (non-hydrogen) atoms. The molecule has 0 aliphatic heterocycles. The van der Waals surface area contributed by atoms with Crippen LogP contribution in [-0.4, -0.2) is 60.5 Å². The van der Waals surface area contributed by atoms with Gasteiger partial charge >= 0.3 is 5.97 Å². The van der Waals surface area contributed by atoms with Crippen LogP contribution in [0.5, 0.6) is 0 Å². The number of nitrogens with one attached hydrogen (secondary N) is 2. The lowest BCUT2D eigenvalue weighted by Gasteiger charge is -2.58. The first-order chi connectivity index (χ1) is 27.5. The lowest BCUT2D eigenvalue weighted by Crippen LogP contribution is -2.50. The van der Waals surface area contributed by atoms with Gasteiger partial charge in [-0.15, -0.1) is 0 Å². The van der Waals surface area contributed by atoms with Crippen LogP contribution in [0.3, 0.4) is 0 Å². The summed E-state index contributed by atoms with van der Waals surface area (Å²) >= 11 is 0. The average Bonchev–Trinajstić information content (AvgIpc) is 3.74. The van der Waals surface area contributed by atoms with E-state index >= 15 is 0 Å². The van der Waals surface area contributed by atoms with Gasteiger partial charge in [0.15, 0.2) is 0 Å². The number of hydrogen-bond acceptors (Lipinski definition) is 5. The molecule has 7 nitrogen and oxygen atoms in total. The van der Waals surface area contributed by atoms with E-state index in [0.717, 1.165) is 86.4 Å². The van der Waals surface area contributed by atoms with E-state index in [0.29, 0.717) is 52.3 Å². The van der Waals surface area contributed by atoms with Gasteiger partial charge in [0.2, 0.25) is 5.91 Å². The zero-order chi connectivity index (χ0) is 42.2. The van der Waals surface area contributed by atoms with Gasteiger partial charge in [0.25, 0.3) is 0 Å². The summed E-state index contributed by atoms with van der Waals surface area (Å²) in [6.07, 6.45) is 26.9. The Morgan fingerprint density at radius 3 is 1.45 bits per heavy atom. The number of carboxylic acid groups (broad SMARTS) is 1. The topological polar surface area (TPSA) is 119 Å². The standard InChI is InChI=1S/C25H41NO2.C24H38O3.C2H7N/c1-16(5-10-23(28)26-4)20-8-9-21-19-7-6-17-15-18(27)11-13-24(17,2)22(19)12-14-25(20,21)3;1-15(4-9-22(26)27)19-7-8-20-18-6-5-16-14-17(25)10-12-23(16,2)21(18)11-13-24(19,20)3;1-3-2/h6,16,18-22,27H,5,7-15H2,1-4H3,(H,26,28);5,15,17-21,25H,4,6-14H2,1-3H3,(H,26,27);3H,1-2H3/t16-,18+,19+,20-,21+,22+,24+,25-;15-,17+,18+,19-,20+,21+,23+,24-;/m11./s1. The van der Waals surface area contributed by atoms with Crippen LogP contribution in [0, 0.1) is 80.8 Å². The van der Waals surface area contributed by atoms with E-state index in [1.54, 1.807) is 18.2 Å². The fourth-order valence-corrected chi connectivity index (χ4v) is 16.5. The fourth-order valence-electron chi connectivity index (χ4n) is 16.5. The number of allylic oxidation sites excluding steroid dienone is 2. The van der Waals surface area contributed by atoms with E-state index in [2.05, 4.69) is 64.3 Å². The summed E-state index contributed by atoms with van der Waals surface area (Å²) in [5, 5.41) is 35.0. The number of fused-ring (bicyclic) bond motifs is 10. The molecular formula is C51H86N2O5. The predicted molar refractivity (Wildman–Crippen MR) is 236 cm³/mol. The molecule has 0 unspecified atom stereocenters. The van der Waals surface area contributed by atoms with Gasteiger partial charge < -0.3 is 26.0 Å². The van der Waals surface area contributed by atoms with Crippen molar-refractivity contribution in [2.24, 2.45) is 80.8 Å². The molecule has 8 aliphatic carbocycles. The maximum absolute atomic E-state index is 11.7. The molecule has 0 radical (unpaired) electrons. The molecule has 1 amide bonds. The smallest absolute Gasteiger partial charge is 0.303 e. The molecule has 0 aromatic rings. The van der Waals surface area contributed by atoms with Crippen LogP contribution in [0.15, 0.2) is 23.3 Å². The molecule has 0 bridgehead atoms. The molecule has 0 spiro atoms. The van der Waals surface area contributed by atoms with Gasteiger partial charge in [-0.25, -0.2) is 0 Å². The molecule has 0 saturated heterocycles.